The lowest BCUT2D eigenvalue weighted by Gasteiger charge is -2.21. The van der Waals surface area contributed by atoms with Crippen LogP contribution in [-0.2, 0) is 4.79 Å². The Bertz CT molecular complexity index is 218. The quantitative estimate of drug-likeness (QED) is 0.684. The van der Waals surface area contributed by atoms with E-state index in [1.54, 1.807) is 6.92 Å². The molecule has 4 heteroatoms. The molecule has 0 saturated carbocycles. The smallest absolute Gasteiger partial charge is 0.229 e. The van der Waals surface area contributed by atoms with E-state index in [0.29, 0.717) is 5.92 Å². The molecule has 3 N–H and O–H groups in total. The third kappa shape index (κ3) is 4.05. The molecule has 0 aliphatic heterocycles. The fraction of sp³-hybridized carbons (Fsp3) is 0.800. The standard InChI is InChI=1S/C10H20N2OS/c1-5-6(2)8(4)12-10(13)7(3)9(11)14/h6-8H,5H2,1-4H3,(H2,11,14)(H,12,13). The first-order valence-corrected chi connectivity index (χ1v) is 5.40. The molecule has 0 spiro atoms. The molecule has 0 aromatic heterocycles. The minimum atomic E-state index is -0.378. The highest BCUT2D eigenvalue weighted by Gasteiger charge is 2.19. The SMILES string of the molecule is CCC(C)C(C)NC(=O)C(C)C(N)=S. The van der Waals surface area contributed by atoms with Crippen molar-refractivity contribution >= 4 is 23.1 Å². The number of hydrogen-bond donors (Lipinski definition) is 2. The van der Waals surface area contributed by atoms with Gasteiger partial charge in [0.25, 0.3) is 0 Å². The molecule has 3 nitrogen and oxygen atoms in total. The molecular formula is C10H20N2OS. The van der Waals surface area contributed by atoms with Crippen LogP contribution in [-0.4, -0.2) is 16.9 Å². The maximum absolute atomic E-state index is 11.5. The van der Waals surface area contributed by atoms with Gasteiger partial charge in [0.2, 0.25) is 5.91 Å². The molecule has 0 aromatic rings. The molecule has 0 aliphatic rings. The zero-order chi connectivity index (χ0) is 11.3. The van der Waals surface area contributed by atoms with Gasteiger partial charge in [-0.25, -0.2) is 0 Å². The van der Waals surface area contributed by atoms with Gasteiger partial charge >= 0.3 is 0 Å². The maximum Gasteiger partial charge on any atom is 0.229 e. The van der Waals surface area contributed by atoms with Crippen molar-refractivity contribution in [2.24, 2.45) is 17.6 Å². The first-order valence-electron chi connectivity index (χ1n) is 4.99. The summed E-state index contributed by atoms with van der Waals surface area (Å²) in [5, 5.41) is 2.91. The van der Waals surface area contributed by atoms with Gasteiger partial charge in [0.15, 0.2) is 0 Å². The Morgan fingerprint density at radius 2 is 1.93 bits per heavy atom. The second-order valence-electron chi connectivity index (χ2n) is 3.81. The van der Waals surface area contributed by atoms with E-state index in [2.05, 4.69) is 19.2 Å². The highest BCUT2D eigenvalue weighted by Crippen LogP contribution is 2.07. The van der Waals surface area contributed by atoms with Crippen LogP contribution >= 0.6 is 12.2 Å². The first kappa shape index (κ1) is 13.4. The zero-order valence-electron chi connectivity index (χ0n) is 9.33. The fourth-order valence-corrected chi connectivity index (χ4v) is 1.08. The molecule has 3 atom stereocenters. The van der Waals surface area contributed by atoms with Crippen molar-refractivity contribution in [3.63, 3.8) is 0 Å². The van der Waals surface area contributed by atoms with Crippen LogP contribution in [0, 0.1) is 11.8 Å². The van der Waals surface area contributed by atoms with Crippen LogP contribution in [0.3, 0.4) is 0 Å². The Kier molecular flexibility index (Phi) is 5.69. The Morgan fingerprint density at radius 3 is 2.29 bits per heavy atom. The monoisotopic (exact) mass is 216 g/mol. The molecule has 82 valence electrons. The predicted octanol–water partition coefficient (Wildman–Crippen LogP) is 1.46. The van der Waals surface area contributed by atoms with Crippen LogP contribution in [0.2, 0.25) is 0 Å². The van der Waals surface area contributed by atoms with E-state index in [0.717, 1.165) is 6.42 Å². The summed E-state index contributed by atoms with van der Waals surface area (Å²) >= 11 is 4.76. The van der Waals surface area contributed by atoms with Crippen molar-refractivity contribution in [1.29, 1.82) is 0 Å². The Morgan fingerprint density at radius 1 is 1.43 bits per heavy atom. The fourth-order valence-electron chi connectivity index (χ4n) is 0.974. The molecule has 1 amide bonds. The maximum atomic E-state index is 11.5. The number of thiocarbonyl (C=S) groups is 1. The van der Waals surface area contributed by atoms with Crippen molar-refractivity contribution in [3.8, 4) is 0 Å². The van der Waals surface area contributed by atoms with Crippen molar-refractivity contribution in [3.05, 3.63) is 0 Å². The van der Waals surface area contributed by atoms with E-state index < -0.39 is 0 Å². The van der Waals surface area contributed by atoms with Crippen LogP contribution in [0.4, 0.5) is 0 Å². The Labute approximate surface area is 91.4 Å². The summed E-state index contributed by atoms with van der Waals surface area (Å²) in [6.07, 6.45) is 1.04. The van der Waals surface area contributed by atoms with Gasteiger partial charge in [0.05, 0.1) is 10.9 Å². The summed E-state index contributed by atoms with van der Waals surface area (Å²) in [7, 11) is 0. The zero-order valence-corrected chi connectivity index (χ0v) is 10.1. The van der Waals surface area contributed by atoms with Gasteiger partial charge in [0, 0.05) is 6.04 Å². The predicted molar refractivity (Wildman–Crippen MR) is 63.0 cm³/mol. The summed E-state index contributed by atoms with van der Waals surface area (Å²) in [4.78, 5) is 11.8. The average Bonchev–Trinajstić information content (AvgIpc) is 2.14. The summed E-state index contributed by atoms with van der Waals surface area (Å²) < 4.78 is 0. The van der Waals surface area contributed by atoms with E-state index >= 15 is 0 Å². The van der Waals surface area contributed by atoms with Gasteiger partial charge in [-0.15, -0.1) is 0 Å². The van der Waals surface area contributed by atoms with E-state index in [-0.39, 0.29) is 22.9 Å². The summed E-state index contributed by atoms with van der Waals surface area (Å²) in [6.45, 7) is 7.93. The first-order chi connectivity index (χ1) is 6.40. The van der Waals surface area contributed by atoms with E-state index in [1.165, 1.54) is 0 Å². The summed E-state index contributed by atoms with van der Waals surface area (Å²) in [5.74, 6) is 0.0132. The second kappa shape index (κ2) is 5.96. The molecule has 0 radical (unpaired) electrons. The third-order valence-electron chi connectivity index (χ3n) is 2.69. The van der Waals surface area contributed by atoms with E-state index in [9.17, 15) is 4.79 Å². The van der Waals surface area contributed by atoms with Gasteiger partial charge in [-0.05, 0) is 19.8 Å². The number of hydrogen-bond acceptors (Lipinski definition) is 2. The van der Waals surface area contributed by atoms with Crippen LogP contribution in [0.25, 0.3) is 0 Å². The van der Waals surface area contributed by atoms with Gasteiger partial charge in [-0.3, -0.25) is 4.79 Å². The van der Waals surface area contributed by atoms with Crippen LogP contribution in [0.5, 0.6) is 0 Å². The van der Waals surface area contributed by atoms with Crippen molar-refractivity contribution in [2.45, 2.75) is 40.2 Å². The lowest BCUT2D eigenvalue weighted by molar-refractivity contribution is -0.123. The van der Waals surface area contributed by atoms with Crippen molar-refractivity contribution in [2.75, 3.05) is 0 Å². The number of nitrogens with two attached hydrogens (primary N) is 1. The Hall–Kier alpha value is -0.640. The lowest BCUT2D eigenvalue weighted by atomic mass is 10.00. The number of carbonyl (C=O) groups excluding carboxylic acids is 1. The summed E-state index contributed by atoms with van der Waals surface area (Å²) in [5.41, 5.74) is 5.39. The number of carbonyl (C=O) groups is 1. The van der Waals surface area contributed by atoms with Gasteiger partial charge in [0.1, 0.15) is 0 Å². The molecular weight excluding hydrogens is 196 g/mol. The molecule has 0 heterocycles. The van der Waals surface area contributed by atoms with Crippen molar-refractivity contribution < 1.29 is 4.79 Å². The minimum absolute atomic E-state index is 0.0784. The number of rotatable bonds is 5. The second-order valence-corrected chi connectivity index (χ2v) is 4.28. The van der Waals surface area contributed by atoms with Crippen molar-refractivity contribution in [1.82, 2.24) is 5.32 Å². The van der Waals surface area contributed by atoms with Crippen LogP contribution in [0.15, 0.2) is 0 Å². The Balaban J connectivity index is 4.12. The minimum Gasteiger partial charge on any atom is -0.393 e. The van der Waals surface area contributed by atoms with E-state index in [4.69, 9.17) is 18.0 Å². The molecule has 0 aromatic carbocycles. The van der Waals surface area contributed by atoms with Crippen LogP contribution < -0.4 is 11.1 Å². The normalized spacial score (nSPS) is 16.9. The molecule has 0 aliphatic carbocycles. The molecule has 0 fully saturated rings. The van der Waals surface area contributed by atoms with Gasteiger partial charge < -0.3 is 11.1 Å². The number of nitrogens with one attached hydrogen (secondary N) is 1. The molecule has 0 saturated heterocycles. The third-order valence-corrected chi connectivity index (χ3v) is 3.04. The molecule has 0 bridgehead atoms. The van der Waals surface area contributed by atoms with Crippen LogP contribution in [0.1, 0.15) is 34.1 Å². The largest absolute Gasteiger partial charge is 0.393 e. The highest BCUT2D eigenvalue weighted by molar-refractivity contribution is 7.80. The van der Waals surface area contributed by atoms with Gasteiger partial charge in [-0.2, -0.15) is 0 Å². The molecule has 3 unspecified atom stereocenters. The van der Waals surface area contributed by atoms with E-state index in [1.807, 2.05) is 6.92 Å². The molecule has 14 heavy (non-hydrogen) atoms. The number of amides is 1. The summed E-state index contributed by atoms with van der Waals surface area (Å²) in [6, 6.07) is 0.171. The topological polar surface area (TPSA) is 55.1 Å². The molecule has 0 rings (SSSR count). The lowest BCUT2D eigenvalue weighted by Crippen LogP contribution is -2.43. The van der Waals surface area contributed by atoms with Gasteiger partial charge in [-0.1, -0.05) is 32.5 Å². The average molecular weight is 216 g/mol. The highest BCUT2D eigenvalue weighted by atomic mass is 32.1.